The Labute approximate surface area is 80.1 Å². The van der Waals surface area contributed by atoms with Crippen molar-refractivity contribution in [1.82, 2.24) is 4.98 Å². The Morgan fingerprint density at radius 2 is 2.38 bits per heavy atom. The lowest BCUT2D eigenvalue weighted by atomic mass is 10.2. The van der Waals surface area contributed by atoms with Gasteiger partial charge in [0.25, 0.3) is 0 Å². The van der Waals surface area contributed by atoms with Crippen LogP contribution in [0.15, 0.2) is 18.3 Å². The van der Waals surface area contributed by atoms with Crippen molar-refractivity contribution in [2.45, 2.75) is 6.42 Å². The molecule has 13 heavy (non-hydrogen) atoms. The van der Waals surface area contributed by atoms with Gasteiger partial charge in [0, 0.05) is 12.0 Å². The molecule has 0 radical (unpaired) electrons. The highest BCUT2D eigenvalue weighted by Gasteiger charge is 1.98. The number of carbonyl (C=O) groups is 1. The fourth-order valence-corrected chi connectivity index (χ4v) is 0.972. The minimum absolute atomic E-state index is 0.226. The lowest BCUT2D eigenvalue weighted by molar-refractivity contribution is -0.107. The maximum atomic E-state index is 12.6. The summed E-state index contributed by atoms with van der Waals surface area (Å²) in [5, 5.41) is 0.226. The molecule has 0 atom stereocenters. The van der Waals surface area contributed by atoms with Gasteiger partial charge in [-0.25, -0.2) is 9.37 Å². The van der Waals surface area contributed by atoms with Crippen molar-refractivity contribution in [2.75, 3.05) is 0 Å². The molecule has 1 heterocycles. The summed E-state index contributed by atoms with van der Waals surface area (Å²) in [6.45, 7) is 0. The van der Waals surface area contributed by atoms with E-state index in [1.54, 1.807) is 12.2 Å². The molecule has 0 aromatic carbocycles. The number of carbonyl (C=O) groups excluding carboxylic acids is 1. The number of halogens is 2. The molecule has 0 saturated heterocycles. The van der Waals surface area contributed by atoms with Crippen LogP contribution in [-0.2, 0) is 4.79 Å². The molecule has 1 aromatic heterocycles. The second kappa shape index (κ2) is 4.72. The molecule has 0 aliphatic carbocycles. The van der Waals surface area contributed by atoms with Crippen LogP contribution in [0.5, 0.6) is 0 Å². The Morgan fingerprint density at radius 3 is 3.08 bits per heavy atom. The van der Waals surface area contributed by atoms with Gasteiger partial charge in [-0.15, -0.1) is 0 Å². The molecule has 0 aliphatic heterocycles. The summed E-state index contributed by atoms with van der Waals surface area (Å²) in [5.74, 6) is -0.449. The van der Waals surface area contributed by atoms with Crippen LogP contribution < -0.4 is 0 Å². The molecule has 0 aliphatic rings. The molecule has 0 spiro atoms. The van der Waals surface area contributed by atoms with E-state index in [-0.39, 0.29) is 11.6 Å². The zero-order valence-electron chi connectivity index (χ0n) is 6.71. The van der Waals surface area contributed by atoms with Gasteiger partial charge in [0.15, 0.2) is 0 Å². The van der Waals surface area contributed by atoms with Gasteiger partial charge in [0.2, 0.25) is 0 Å². The van der Waals surface area contributed by atoms with Crippen molar-refractivity contribution in [1.29, 1.82) is 0 Å². The van der Waals surface area contributed by atoms with Crippen LogP contribution in [0.3, 0.4) is 0 Å². The van der Waals surface area contributed by atoms with Crippen molar-refractivity contribution in [3.8, 4) is 0 Å². The maximum Gasteiger partial charge on any atom is 0.142 e. The molecule has 2 nitrogen and oxygen atoms in total. The fraction of sp³-hybridized carbons (Fsp3) is 0.111. The van der Waals surface area contributed by atoms with E-state index in [0.29, 0.717) is 5.56 Å². The van der Waals surface area contributed by atoms with Gasteiger partial charge >= 0.3 is 0 Å². The second-order valence-corrected chi connectivity index (χ2v) is 2.70. The lowest BCUT2D eigenvalue weighted by Gasteiger charge is -1.95. The normalized spacial score (nSPS) is 10.6. The van der Waals surface area contributed by atoms with Crippen LogP contribution in [0.2, 0.25) is 5.15 Å². The molecule has 1 rings (SSSR count). The minimum Gasteiger partial charge on any atom is -0.303 e. The van der Waals surface area contributed by atoms with Crippen molar-refractivity contribution >= 4 is 24.0 Å². The molecular formula is C9H7ClFNO. The van der Waals surface area contributed by atoms with Crippen molar-refractivity contribution in [3.63, 3.8) is 0 Å². The largest absolute Gasteiger partial charge is 0.303 e. The van der Waals surface area contributed by atoms with Gasteiger partial charge in [0.1, 0.15) is 17.3 Å². The average Bonchev–Trinajstić information content (AvgIpc) is 2.11. The summed E-state index contributed by atoms with van der Waals surface area (Å²) >= 11 is 5.66. The number of nitrogens with zero attached hydrogens (tertiary/aromatic N) is 1. The molecule has 4 heteroatoms. The highest BCUT2D eigenvalue weighted by atomic mass is 35.5. The third-order valence-corrected chi connectivity index (χ3v) is 1.68. The predicted molar refractivity (Wildman–Crippen MR) is 48.9 cm³/mol. The smallest absolute Gasteiger partial charge is 0.142 e. The zero-order chi connectivity index (χ0) is 9.68. The van der Waals surface area contributed by atoms with E-state index in [2.05, 4.69) is 4.98 Å². The van der Waals surface area contributed by atoms with Crippen LogP contribution in [-0.4, -0.2) is 11.3 Å². The zero-order valence-corrected chi connectivity index (χ0v) is 7.46. The third-order valence-electron chi connectivity index (χ3n) is 1.36. The number of allylic oxidation sites excluding steroid dienone is 1. The summed E-state index contributed by atoms with van der Waals surface area (Å²) in [6.07, 6.45) is 5.23. The van der Waals surface area contributed by atoms with Crippen molar-refractivity contribution in [2.24, 2.45) is 0 Å². The van der Waals surface area contributed by atoms with Gasteiger partial charge in [0.05, 0.1) is 6.20 Å². The monoisotopic (exact) mass is 199 g/mol. The maximum absolute atomic E-state index is 12.6. The van der Waals surface area contributed by atoms with E-state index >= 15 is 0 Å². The lowest BCUT2D eigenvalue weighted by Crippen LogP contribution is -1.83. The Balaban J connectivity index is 2.86. The summed E-state index contributed by atoms with van der Waals surface area (Å²) in [5.41, 5.74) is 0.475. The van der Waals surface area contributed by atoms with Gasteiger partial charge < -0.3 is 4.79 Å². The van der Waals surface area contributed by atoms with Crippen LogP contribution in [0.1, 0.15) is 12.0 Å². The first-order chi connectivity index (χ1) is 6.24. The highest BCUT2D eigenvalue weighted by molar-refractivity contribution is 6.30. The van der Waals surface area contributed by atoms with E-state index in [1.165, 1.54) is 6.07 Å². The van der Waals surface area contributed by atoms with Gasteiger partial charge in [-0.05, 0) is 6.07 Å². The number of aromatic nitrogens is 1. The Bertz CT molecular complexity index is 338. The summed E-state index contributed by atoms with van der Waals surface area (Å²) < 4.78 is 12.6. The molecule has 0 amide bonds. The van der Waals surface area contributed by atoms with E-state index < -0.39 is 5.82 Å². The molecule has 0 N–H and O–H groups in total. The summed E-state index contributed by atoms with van der Waals surface area (Å²) in [7, 11) is 0. The van der Waals surface area contributed by atoms with E-state index in [1.807, 2.05) is 0 Å². The Kier molecular flexibility index (Phi) is 3.58. The quantitative estimate of drug-likeness (QED) is 0.553. The standard InChI is InChI=1S/C9H7ClFNO/c10-9-7(3-1-2-4-13)5-8(11)6-12-9/h1,3-6H,2H2. The van der Waals surface area contributed by atoms with Crippen LogP contribution in [0.25, 0.3) is 6.08 Å². The third kappa shape index (κ3) is 2.95. The molecule has 1 aromatic rings. The SMILES string of the molecule is O=CCC=Cc1cc(F)cnc1Cl. The first-order valence-electron chi connectivity index (χ1n) is 3.65. The number of aldehydes is 1. The first-order valence-corrected chi connectivity index (χ1v) is 4.03. The summed E-state index contributed by atoms with van der Waals surface area (Å²) in [4.78, 5) is 13.6. The number of hydrogen-bond acceptors (Lipinski definition) is 2. The number of hydrogen-bond donors (Lipinski definition) is 0. The molecule has 0 unspecified atom stereocenters. The minimum atomic E-state index is -0.449. The van der Waals surface area contributed by atoms with Gasteiger partial charge in [-0.2, -0.15) is 0 Å². The summed E-state index contributed by atoms with van der Waals surface area (Å²) in [6, 6.07) is 1.26. The van der Waals surface area contributed by atoms with Gasteiger partial charge in [-0.3, -0.25) is 0 Å². The Hall–Kier alpha value is -1.22. The van der Waals surface area contributed by atoms with Crippen LogP contribution in [0, 0.1) is 5.82 Å². The highest BCUT2D eigenvalue weighted by Crippen LogP contribution is 2.15. The molecule has 0 saturated carbocycles. The molecule has 68 valence electrons. The van der Waals surface area contributed by atoms with Crippen molar-refractivity contribution < 1.29 is 9.18 Å². The van der Waals surface area contributed by atoms with E-state index in [0.717, 1.165) is 12.5 Å². The van der Waals surface area contributed by atoms with Crippen LogP contribution >= 0.6 is 11.6 Å². The van der Waals surface area contributed by atoms with E-state index in [9.17, 15) is 9.18 Å². The van der Waals surface area contributed by atoms with Gasteiger partial charge in [-0.1, -0.05) is 23.8 Å². The second-order valence-electron chi connectivity index (χ2n) is 2.34. The topological polar surface area (TPSA) is 30.0 Å². The van der Waals surface area contributed by atoms with E-state index in [4.69, 9.17) is 11.6 Å². The number of pyridine rings is 1. The fourth-order valence-electron chi connectivity index (χ4n) is 0.806. The molecular weight excluding hydrogens is 193 g/mol. The van der Waals surface area contributed by atoms with Crippen LogP contribution in [0.4, 0.5) is 4.39 Å². The molecule has 0 bridgehead atoms. The molecule has 0 fully saturated rings. The average molecular weight is 200 g/mol. The van der Waals surface area contributed by atoms with Crippen molar-refractivity contribution in [3.05, 3.63) is 34.9 Å². The number of rotatable bonds is 3. The predicted octanol–water partition coefficient (Wildman–Crippen LogP) is 2.48. The first kappa shape index (κ1) is 9.86. The Morgan fingerprint density at radius 1 is 1.62 bits per heavy atom.